The van der Waals surface area contributed by atoms with Crippen molar-refractivity contribution in [3.05, 3.63) is 53.6 Å². The number of nitrogens with one attached hydrogen (secondary N) is 1. The molecule has 0 saturated carbocycles. The molecule has 0 aliphatic carbocycles. The first-order chi connectivity index (χ1) is 10.6. The zero-order valence-corrected chi connectivity index (χ0v) is 14.5. The van der Waals surface area contributed by atoms with E-state index in [4.69, 9.17) is 9.47 Å². The van der Waals surface area contributed by atoms with Crippen molar-refractivity contribution in [3.63, 3.8) is 0 Å². The summed E-state index contributed by atoms with van der Waals surface area (Å²) >= 11 is 2.41. The van der Waals surface area contributed by atoms with Gasteiger partial charge in [0, 0.05) is 0 Å². The van der Waals surface area contributed by atoms with Gasteiger partial charge in [0.05, 0.1) is 7.11 Å². The van der Waals surface area contributed by atoms with Crippen molar-refractivity contribution in [2.24, 2.45) is 0 Å². The first-order valence-corrected chi connectivity index (χ1v) is 7.86. The normalized spacial score (nSPS) is 10.1. The van der Waals surface area contributed by atoms with Crippen molar-refractivity contribution in [1.82, 2.24) is 5.32 Å². The van der Waals surface area contributed by atoms with E-state index >= 15 is 0 Å². The van der Waals surface area contributed by atoms with E-state index in [0.717, 1.165) is 27.8 Å². The van der Waals surface area contributed by atoms with Crippen LogP contribution < -0.4 is 19.1 Å². The van der Waals surface area contributed by atoms with Gasteiger partial charge in [-0.3, -0.25) is 0 Å². The number of methoxy groups -OCH3 is 2. The van der Waals surface area contributed by atoms with Crippen LogP contribution in [0.1, 0.15) is 15.9 Å². The molecule has 2 aromatic carbocycles. The van der Waals surface area contributed by atoms with E-state index in [2.05, 4.69) is 22.2 Å². The van der Waals surface area contributed by atoms with Gasteiger partial charge in [0.2, 0.25) is 0 Å². The molecule has 114 valence electrons. The van der Waals surface area contributed by atoms with Crippen LogP contribution in [0, 0.1) is 0 Å². The van der Waals surface area contributed by atoms with Crippen LogP contribution in [0.2, 0.25) is 0 Å². The van der Waals surface area contributed by atoms with E-state index in [9.17, 15) is 4.79 Å². The molecule has 0 spiro atoms. The van der Waals surface area contributed by atoms with E-state index in [-0.39, 0.29) is 5.91 Å². The summed E-state index contributed by atoms with van der Waals surface area (Å²) in [6, 6.07) is 13.2. The number of carbonyl (C=O) groups is 1. The summed E-state index contributed by atoms with van der Waals surface area (Å²) < 4.78 is 11.2. The number of benzene rings is 2. The Morgan fingerprint density at radius 1 is 1.09 bits per heavy atom. The van der Waals surface area contributed by atoms with Crippen molar-refractivity contribution in [3.8, 4) is 11.5 Å². The zero-order valence-electron chi connectivity index (χ0n) is 12.6. The fraction of sp³-hybridized carbons (Fsp3) is 0.235. The fourth-order valence-corrected chi connectivity index (χ4v) is 2.69. The Morgan fingerprint density at radius 2 is 1.82 bits per heavy atom. The summed E-state index contributed by atoms with van der Waals surface area (Å²) in [4.78, 5) is 12.1. The van der Waals surface area contributed by atoms with Crippen LogP contribution in [-0.2, 0) is 6.42 Å². The molecule has 2 rings (SSSR count). The minimum absolute atomic E-state index is 0.0801. The van der Waals surface area contributed by atoms with Gasteiger partial charge in [0.1, 0.15) is 0 Å². The first kappa shape index (κ1) is 16.4. The van der Waals surface area contributed by atoms with Gasteiger partial charge in [-0.1, -0.05) is 0 Å². The SMILES string of the molecule is COc1ccc(CCNC(=O)c2ccc(OC)c([As])c2)cc1. The summed E-state index contributed by atoms with van der Waals surface area (Å²) in [6.45, 7) is 0.588. The van der Waals surface area contributed by atoms with Gasteiger partial charge in [-0.15, -0.1) is 0 Å². The van der Waals surface area contributed by atoms with Crippen LogP contribution in [0.4, 0.5) is 0 Å². The molecule has 22 heavy (non-hydrogen) atoms. The van der Waals surface area contributed by atoms with Crippen molar-refractivity contribution in [2.75, 3.05) is 20.8 Å². The Bertz CT molecular complexity index is 641. The summed E-state index contributed by atoms with van der Waals surface area (Å²) in [5, 5.41) is 2.92. The fourth-order valence-electron chi connectivity index (χ4n) is 2.05. The van der Waals surface area contributed by atoms with Gasteiger partial charge in [-0.05, 0) is 0 Å². The monoisotopic (exact) mass is 359 g/mol. The second-order valence-electron chi connectivity index (χ2n) is 4.74. The molecule has 0 atom stereocenters. The molecule has 1 N–H and O–H groups in total. The molecule has 4 nitrogen and oxygen atoms in total. The van der Waals surface area contributed by atoms with Gasteiger partial charge >= 0.3 is 132 Å². The summed E-state index contributed by atoms with van der Waals surface area (Å²) in [5.74, 6) is 1.51. The molecule has 2 aromatic rings. The van der Waals surface area contributed by atoms with E-state index in [1.807, 2.05) is 30.3 Å². The van der Waals surface area contributed by atoms with Crippen LogP contribution in [0.5, 0.6) is 11.5 Å². The molecule has 0 bridgehead atoms. The Labute approximate surface area is 139 Å². The van der Waals surface area contributed by atoms with Crippen LogP contribution in [0.25, 0.3) is 0 Å². The molecule has 0 unspecified atom stereocenters. The third-order valence-electron chi connectivity index (χ3n) is 3.30. The molecular formula is C17H18AsNO3. The molecular weight excluding hydrogens is 341 g/mol. The Kier molecular flexibility index (Phi) is 5.90. The topological polar surface area (TPSA) is 47.6 Å². The molecule has 1 amide bonds. The van der Waals surface area contributed by atoms with Crippen molar-refractivity contribution in [2.45, 2.75) is 6.42 Å². The quantitative estimate of drug-likeness (QED) is 0.795. The molecule has 0 saturated heterocycles. The van der Waals surface area contributed by atoms with Gasteiger partial charge in [0.25, 0.3) is 0 Å². The second kappa shape index (κ2) is 7.90. The Hall–Kier alpha value is -1.93. The van der Waals surface area contributed by atoms with Gasteiger partial charge in [-0.2, -0.15) is 0 Å². The second-order valence-corrected chi connectivity index (χ2v) is 5.75. The minimum atomic E-state index is -0.0801. The third-order valence-corrected chi connectivity index (χ3v) is 4.03. The van der Waals surface area contributed by atoms with Crippen LogP contribution in [-0.4, -0.2) is 43.5 Å². The number of hydrogen-bond acceptors (Lipinski definition) is 3. The van der Waals surface area contributed by atoms with E-state index in [0.29, 0.717) is 12.1 Å². The average Bonchev–Trinajstić information content (AvgIpc) is 2.55. The Morgan fingerprint density at radius 3 is 2.41 bits per heavy atom. The van der Waals surface area contributed by atoms with Gasteiger partial charge in [0.15, 0.2) is 0 Å². The predicted octanol–water partition coefficient (Wildman–Crippen LogP) is 1.47. The third kappa shape index (κ3) is 4.28. The summed E-state index contributed by atoms with van der Waals surface area (Å²) in [5.41, 5.74) is 1.79. The first-order valence-electron chi connectivity index (χ1n) is 6.92. The summed E-state index contributed by atoms with van der Waals surface area (Å²) in [7, 11) is 3.26. The van der Waals surface area contributed by atoms with Crippen LogP contribution >= 0.6 is 0 Å². The summed E-state index contributed by atoms with van der Waals surface area (Å²) in [6.07, 6.45) is 0.779. The molecule has 2 radical (unpaired) electrons. The Balaban J connectivity index is 1.88. The van der Waals surface area contributed by atoms with Crippen molar-refractivity contribution < 1.29 is 14.3 Å². The van der Waals surface area contributed by atoms with E-state index in [1.165, 1.54) is 0 Å². The number of carbonyl (C=O) groups excluding carboxylic acids is 1. The molecule has 0 fully saturated rings. The number of rotatable bonds is 6. The zero-order chi connectivity index (χ0) is 15.9. The number of amides is 1. The number of ether oxygens (including phenoxy) is 2. The van der Waals surface area contributed by atoms with E-state index in [1.54, 1.807) is 26.4 Å². The van der Waals surface area contributed by atoms with Crippen molar-refractivity contribution in [1.29, 1.82) is 0 Å². The maximum absolute atomic E-state index is 12.1. The molecule has 0 aliphatic rings. The molecule has 5 heteroatoms. The van der Waals surface area contributed by atoms with Gasteiger partial charge < -0.3 is 0 Å². The van der Waals surface area contributed by atoms with Crippen LogP contribution in [0.15, 0.2) is 42.5 Å². The van der Waals surface area contributed by atoms with E-state index < -0.39 is 0 Å². The predicted molar refractivity (Wildman–Crippen MR) is 87.4 cm³/mol. The standard InChI is InChI=1S/C17H18AsNO3/c1-21-14-6-3-12(4-7-14)9-10-19-17(20)13-5-8-16(22-2)15(18)11-13/h3-8,11H,9-10H2,1-2H3,(H,19,20). The molecule has 0 heterocycles. The maximum atomic E-state index is 12.1. The number of hydrogen-bond donors (Lipinski definition) is 1. The van der Waals surface area contributed by atoms with Crippen LogP contribution in [0.3, 0.4) is 0 Å². The average molecular weight is 359 g/mol. The molecule has 0 aromatic heterocycles. The molecule has 0 aliphatic heterocycles. The van der Waals surface area contributed by atoms with Crippen molar-refractivity contribution >= 4 is 27.1 Å². The van der Waals surface area contributed by atoms with Gasteiger partial charge in [-0.25, -0.2) is 0 Å².